The maximum absolute atomic E-state index is 5.89. The van der Waals surface area contributed by atoms with Crippen molar-refractivity contribution in [2.45, 2.75) is 6.92 Å². The molecule has 2 N–H and O–H groups in total. The molecule has 1 heterocycles. The number of hydrogen-bond acceptors (Lipinski definition) is 2. The van der Waals surface area contributed by atoms with E-state index in [-0.39, 0.29) is 0 Å². The highest BCUT2D eigenvalue weighted by molar-refractivity contribution is 6.35. The minimum atomic E-state index is 0.604. The van der Waals surface area contributed by atoms with Gasteiger partial charge in [-0.05, 0) is 25.1 Å². The molecule has 62 valence electrons. The first kappa shape index (κ1) is 7.50. The minimum absolute atomic E-state index is 0.604. The standard InChI is InChI=1S/C9H8ClNO/c1-5-4-6-8(11)3-2-7(10)9(6)12-5/h2-4H,11H2,1H3. The van der Waals surface area contributed by atoms with Crippen LogP contribution in [0.15, 0.2) is 22.6 Å². The van der Waals surface area contributed by atoms with Crippen molar-refractivity contribution in [1.82, 2.24) is 0 Å². The summed E-state index contributed by atoms with van der Waals surface area (Å²) in [6.07, 6.45) is 0. The molecule has 0 unspecified atom stereocenters. The van der Waals surface area contributed by atoms with E-state index >= 15 is 0 Å². The summed E-state index contributed by atoms with van der Waals surface area (Å²) in [5.74, 6) is 0.824. The second kappa shape index (κ2) is 2.42. The Kier molecular flexibility index (Phi) is 1.51. The molecule has 0 aliphatic carbocycles. The fourth-order valence-electron chi connectivity index (χ4n) is 1.23. The molecule has 2 aromatic rings. The molecule has 3 heteroatoms. The van der Waals surface area contributed by atoms with Crippen molar-refractivity contribution in [1.29, 1.82) is 0 Å². The van der Waals surface area contributed by atoms with Gasteiger partial charge < -0.3 is 10.2 Å². The summed E-state index contributed by atoms with van der Waals surface area (Å²) in [5.41, 5.74) is 7.10. The summed E-state index contributed by atoms with van der Waals surface area (Å²) in [5, 5.41) is 1.49. The van der Waals surface area contributed by atoms with E-state index in [9.17, 15) is 0 Å². The summed E-state index contributed by atoms with van der Waals surface area (Å²) in [6, 6.07) is 5.40. The molecule has 2 rings (SSSR count). The summed E-state index contributed by atoms with van der Waals surface area (Å²) in [6.45, 7) is 1.87. The molecule has 2 nitrogen and oxygen atoms in total. The second-order valence-corrected chi connectivity index (χ2v) is 3.14. The Bertz CT molecular complexity index is 394. The number of halogens is 1. The van der Waals surface area contributed by atoms with Crippen LogP contribution in [0.1, 0.15) is 5.76 Å². The fourth-order valence-corrected chi connectivity index (χ4v) is 1.44. The summed E-state index contributed by atoms with van der Waals surface area (Å²) >= 11 is 5.89. The van der Waals surface area contributed by atoms with Gasteiger partial charge in [0, 0.05) is 11.1 Å². The van der Waals surface area contributed by atoms with Crippen LogP contribution in [-0.2, 0) is 0 Å². The molecule has 1 aromatic heterocycles. The Morgan fingerprint density at radius 3 is 2.83 bits per heavy atom. The van der Waals surface area contributed by atoms with Crippen molar-refractivity contribution in [3.8, 4) is 0 Å². The number of anilines is 1. The van der Waals surface area contributed by atoms with E-state index in [4.69, 9.17) is 21.8 Å². The number of rotatable bonds is 0. The van der Waals surface area contributed by atoms with Crippen LogP contribution >= 0.6 is 11.6 Å². The van der Waals surface area contributed by atoms with E-state index in [0.717, 1.165) is 11.1 Å². The number of hydrogen-bond donors (Lipinski definition) is 1. The Morgan fingerprint density at radius 1 is 1.42 bits per heavy atom. The average molecular weight is 182 g/mol. The SMILES string of the molecule is Cc1cc2c(N)ccc(Cl)c2o1. The molecule has 12 heavy (non-hydrogen) atoms. The number of fused-ring (bicyclic) bond motifs is 1. The zero-order valence-corrected chi connectivity index (χ0v) is 7.35. The van der Waals surface area contributed by atoms with Crippen LogP contribution < -0.4 is 5.73 Å². The first-order chi connectivity index (χ1) is 5.68. The third-order valence-electron chi connectivity index (χ3n) is 1.79. The zero-order chi connectivity index (χ0) is 8.72. The van der Waals surface area contributed by atoms with Gasteiger partial charge in [0.1, 0.15) is 5.76 Å². The lowest BCUT2D eigenvalue weighted by Crippen LogP contribution is -1.83. The Hall–Kier alpha value is -1.15. The maximum Gasteiger partial charge on any atom is 0.154 e. The van der Waals surface area contributed by atoms with E-state index in [2.05, 4.69) is 0 Å². The summed E-state index contributed by atoms with van der Waals surface area (Å²) in [4.78, 5) is 0. The van der Waals surface area contributed by atoms with Crippen LogP contribution in [0, 0.1) is 6.92 Å². The van der Waals surface area contributed by atoms with Crippen LogP contribution in [0.25, 0.3) is 11.0 Å². The Labute approximate surface area is 74.9 Å². The zero-order valence-electron chi connectivity index (χ0n) is 6.60. The Morgan fingerprint density at radius 2 is 2.17 bits per heavy atom. The van der Waals surface area contributed by atoms with Crippen molar-refractivity contribution in [2.24, 2.45) is 0 Å². The maximum atomic E-state index is 5.89. The van der Waals surface area contributed by atoms with Crippen LogP contribution in [0.2, 0.25) is 5.02 Å². The summed E-state index contributed by atoms with van der Waals surface area (Å²) < 4.78 is 5.37. The van der Waals surface area contributed by atoms with E-state index in [1.54, 1.807) is 12.1 Å². The quantitative estimate of drug-likeness (QED) is 0.635. The predicted molar refractivity (Wildman–Crippen MR) is 50.4 cm³/mol. The van der Waals surface area contributed by atoms with E-state index in [0.29, 0.717) is 16.3 Å². The fraction of sp³-hybridized carbons (Fsp3) is 0.111. The van der Waals surface area contributed by atoms with E-state index in [1.165, 1.54) is 0 Å². The first-order valence-electron chi connectivity index (χ1n) is 3.62. The number of aryl methyl sites for hydroxylation is 1. The predicted octanol–water partition coefficient (Wildman–Crippen LogP) is 2.98. The highest BCUT2D eigenvalue weighted by Gasteiger charge is 2.06. The molecule has 0 radical (unpaired) electrons. The molecule has 0 saturated heterocycles. The lowest BCUT2D eigenvalue weighted by Gasteiger charge is -1.95. The monoisotopic (exact) mass is 181 g/mol. The molecule has 0 saturated carbocycles. The molecule has 0 spiro atoms. The highest BCUT2D eigenvalue weighted by Crippen LogP contribution is 2.30. The molecule has 0 atom stereocenters. The Balaban J connectivity index is 2.93. The number of nitrogens with two attached hydrogens (primary N) is 1. The molecule has 0 amide bonds. The molecule has 0 bridgehead atoms. The average Bonchev–Trinajstić information content (AvgIpc) is 2.41. The van der Waals surface area contributed by atoms with Crippen molar-refractivity contribution in [3.63, 3.8) is 0 Å². The number of nitrogen functional groups attached to an aromatic ring is 1. The van der Waals surface area contributed by atoms with E-state index in [1.807, 2.05) is 13.0 Å². The lowest BCUT2D eigenvalue weighted by molar-refractivity contribution is 0.579. The van der Waals surface area contributed by atoms with Gasteiger partial charge in [-0.25, -0.2) is 0 Å². The first-order valence-corrected chi connectivity index (χ1v) is 4.00. The van der Waals surface area contributed by atoms with Gasteiger partial charge in [-0.3, -0.25) is 0 Å². The van der Waals surface area contributed by atoms with E-state index < -0.39 is 0 Å². The third-order valence-corrected chi connectivity index (χ3v) is 2.09. The minimum Gasteiger partial charge on any atom is -0.460 e. The smallest absolute Gasteiger partial charge is 0.154 e. The molecule has 0 aliphatic rings. The molecule has 0 fully saturated rings. The van der Waals surface area contributed by atoms with Crippen LogP contribution in [-0.4, -0.2) is 0 Å². The lowest BCUT2D eigenvalue weighted by atomic mass is 10.2. The number of benzene rings is 1. The van der Waals surface area contributed by atoms with Gasteiger partial charge in [0.05, 0.1) is 5.02 Å². The summed E-state index contributed by atoms with van der Waals surface area (Å²) in [7, 11) is 0. The van der Waals surface area contributed by atoms with Gasteiger partial charge in [0.2, 0.25) is 0 Å². The molecular formula is C9H8ClNO. The van der Waals surface area contributed by atoms with Gasteiger partial charge in [-0.1, -0.05) is 11.6 Å². The van der Waals surface area contributed by atoms with Crippen molar-refractivity contribution in [2.75, 3.05) is 5.73 Å². The van der Waals surface area contributed by atoms with Gasteiger partial charge in [0.25, 0.3) is 0 Å². The van der Waals surface area contributed by atoms with Gasteiger partial charge in [0.15, 0.2) is 5.58 Å². The van der Waals surface area contributed by atoms with Gasteiger partial charge >= 0.3 is 0 Å². The van der Waals surface area contributed by atoms with Crippen molar-refractivity contribution >= 4 is 28.3 Å². The van der Waals surface area contributed by atoms with Crippen molar-refractivity contribution in [3.05, 3.63) is 29.0 Å². The third kappa shape index (κ3) is 0.959. The second-order valence-electron chi connectivity index (χ2n) is 2.74. The topological polar surface area (TPSA) is 39.2 Å². The van der Waals surface area contributed by atoms with Crippen molar-refractivity contribution < 1.29 is 4.42 Å². The largest absolute Gasteiger partial charge is 0.460 e. The van der Waals surface area contributed by atoms with Gasteiger partial charge in [-0.15, -0.1) is 0 Å². The highest BCUT2D eigenvalue weighted by atomic mass is 35.5. The van der Waals surface area contributed by atoms with Crippen LogP contribution in [0.4, 0.5) is 5.69 Å². The van der Waals surface area contributed by atoms with Gasteiger partial charge in [-0.2, -0.15) is 0 Å². The normalized spacial score (nSPS) is 10.8. The van der Waals surface area contributed by atoms with Crippen LogP contribution in [0.5, 0.6) is 0 Å². The molecular weight excluding hydrogens is 174 g/mol. The molecule has 1 aromatic carbocycles. The van der Waals surface area contributed by atoms with Crippen LogP contribution in [0.3, 0.4) is 0 Å². The molecule has 0 aliphatic heterocycles. The number of furan rings is 1.